The zero-order valence-electron chi connectivity index (χ0n) is 12.5. The maximum Gasteiger partial charge on any atom is 0.335 e. The third-order valence-corrected chi connectivity index (χ3v) is 3.57. The van der Waals surface area contributed by atoms with E-state index in [2.05, 4.69) is 6.92 Å². The molecule has 22 heavy (non-hydrogen) atoms. The van der Waals surface area contributed by atoms with Crippen LogP contribution in [-0.4, -0.2) is 5.97 Å². The molecule has 0 N–H and O–H groups in total. The molecule has 0 aromatic heterocycles. The summed E-state index contributed by atoms with van der Waals surface area (Å²) in [5.74, 6) is 1.83. The summed E-state index contributed by atoms with van der Waals surface area (Å²) in [6.07, 6.45) is 5.91. The van der Waals surface area contributed by atoms with Gasteiger partial charge >= 0.3 is 5.97 Å². The summed E-state index contributed by atoms with van der Waals surface area (Å²) in [7, 11) is 0. The number of benzene rings is 2. The van der Waals surface area contributed by atoms with Crippen LogP contribution in [0.4, 0.5) is 0 Å². The van der Waals surface area contributed by atoms with E-state index < -0.39 is 0 Å². The smallest absolute Gasteiger partial charge is 0.335 e. The topological polar surface area (TPSA) is 35.5 Å². The van der Waals surface area contributed by atoms with Crippen LogP contribution in [0.3, 0.4) is 0 Å². The lowest BCUT2D eigenvalue weighted by Gasteiger charge is -2.21. The Balaban J connectivity index is 1.82. The zero-order chi connectivity index (χ0) is 15.4. The molecular formula is C19H18O3. The van der Waals surface area contributed by atoms with Gasteiger partial charge in [-0.3, -0.25) is 0 Å². The van der Waals surface area contributed by atoms with E-state index in [0.29, 0.717) is 12.2 Å². The molecule has 1 heterocycles. The first-order valence-electron chi connectivity index (χ1n) is 7.54. The molecule has 3 rings (SSSR count). The Morgan fingerprint density at radius 2 is 2.00 bits per heavy atom. The van der Waals surface area contributed by atoms with Crippen molar-refractivity contribution < 1.29 is 14.3 Å². The van der Waals surface area contributed by atoms with E-state index in [1.165, 1.54) is 6.08 Å². The van der Waals surface area contributed by atoms with Crippen LogP contribution in [-0.2, 0) is 11.2 Å². The molecule has 1 aliphatic heterocycles. The van der Waals surface area contributed by atoms with Gasteiger partial charge in [-0.1, -0.05) is 43.7 Å². The molecule has 3 heteroatoms. The van der Waals surface area contributed by atoms with Gasteiger partial charge in [-0.05, 0) is 30.2 Å². The standard InChI is InChI=1S/C19H18O3/c1-2-3-4-12-19(20)22-18-11-7-10-17-15(18)13-14-8-5-6-9-16(14)21-17/h4-12H,2-3,13H2,1H3. The molecule has 2 aromatic rings. The predicted octanol–water partition coefficient (Wildman–Crippen LogP) is 4.64. The third-order valence-electron chi connectivity index (χ3n) is 3.57. The number of carbonyl (C=O) groups excluding carboxylic acids is 1. The highest BCUT2D eigenvalue weighted by Crippen LogP contribution is 2.40. The fourth-order valence-corrected chi connectivity index (χ4v) is 2.46. The second-order valence-corrected chi connectivity index (χ2v) is 5.23. The van der Waals surface area contributed by atoms with Crippen molar-refractivity contribution in [3.8, 4) is 17.2 Å². The van der Waals surface area contributed by atoms with Gasteiger partial charge in [0.2, 0.25) is 0 Å². The van der Waals surface area contributed by atoms with Crippen molar-refractivity contribution in [1.29, 1.82) is 0 Å². The Hall–Kier alpha value is -2.55. The van der Waals surface area contributed by atoms with Crippen LogP contribution < -0.4 is 9.47 Å². The van der Waals surface area contributed by atoms with Crippen molar-refractivity contribution in [3.05, 3.63) is 65.7 Å². The van der Waals surface area contributed by atoms with Crippen LogP contribution in [0.25, 0.3) is 0 Å². The van der Waals surface area contributed by atoms with E-state index in [9.17, 15) is 4.79 Å². The average Bonchev–Trinajstić information content (AvgIpc) is 2.54. The molecule has 0 bridgehead atoms. The number of unbranched alkanes of at least 4 members (excludes halogenated alkanes) is 1. The molecule has 0 amide bonds. The van der Waals surface area contributed by atoms with Crippen molar-refractivity contribution >= 4 is 5.97 Å². The van der Waals surface area contributed by atoms with E-state index in [4.69, 9.17) is 9.47 Å². The lowest BCUT2D eigenvalue weighted by Crippen LogP contribution is -2.09. The minimum absolute atomic E-state index is 0.347. The highest BCUT2D eigenvalue weighted by atomic mass is 16.5. The monoisotopic (exact) mass is 294 g/mol. The summed E-state index contributed by atoms with van der Waals surface area (Å²) >= 11 is 0. The second-order valence-electron chi connectivity index (χ2n) is 5.23. The summed E-state index contributed by atoms with van der Waals surface area (Å²) in [4.78, 5) is 11.9. The number of ether oxygens (including phenoxy) is 2. The van der Waals surface area contributed by atoms with Crippen molar-refractivity contribution in [1.82, 2.24) is 0 Å². The van der Waals surface area contributed by atoms with Crippen molar-refractivity contribution in [2.24, 2.45) is 0 Å². The quantitative estimate of drug-likeness (QED) is 0.399. The molecule has 1 aliphatic rings. The normalized spacial score (nSPS) is 12.4. The maximum absolute atomic E-state index is 11.9. The van der Waals surface area contributed by atoms with Crippen LogP contribution in [0.1, 0.15) is 30.9 Å². The Bertz CT molecular complexity index is 716. The minimum atomic E-state index is -0.347. The average molecular weight is 294 g/mol. The lowest BCUT2D eigenvalue weighted by atomic mass is 9.99. The van der Waals surface area contributed by atoms with Gasteiger partial charge in [0.05, 0.1) is 0 Å². The van der Waals surface area contributed by atoms with Gasteiger partial charge in [0.1, 0.15) is 17.2 Å². The Morgan fingerprint density at radius 3 is 2.86 bits per heavy atom. The molecule has 0 fully saturated rings. The molecule has 2 aromatic carbocycles. The number of hydrogen-bond donors (Lipinski definition) is 0. The van der Waals surface area contributed by atoms with Gasteiger partial charge in [-0.15, -0.1) is 0 Å². The first-order valence-corrected chi connectivity index (χ1v) is 7.54. The number of rotatable bonds is 4. The zero-order valence-corrected chi connectivity index (χ0v) is 12.5. The molecule has 0 aliphatic carbocycles. The van der Waals surface area contributed by atoms with Gasteiger partial charge in [0, 0.05) is 18.1 Å². The van der Waals surface area contributed by atoms with E-state index in [1.807, 2.05) is 48.5 Å². The summed E-state index contributed by atoms with van der Waals surface area (Å²) in [5, 5.41) is 0. The SMILES string of the molecule is CCCC=CC(=O)Oc1cccc2c1Cc1ccccc1O2. The molecular weight excluding hydrogens is 276 g/mol. The molecule has 0 atom stereocenters. The molecule has 0 radical (unpaired) electrons. The highest BCUT2D eigenvalue weighted by Gasteiger charge is 2.20. The number of fused-ring (bicyclic) bond motifs is 2. The lowest BCUT2D eigenvalue weighted by molar-refractivity contribution is -0.129. The highest BCUT2D eigenvalue weighted by molar-refractivity contribution is 5.84. The molecule has 112 valence electrons. The Morgan fingerprint density at radius 1 is 1.18 bits per heavy atom. The van der Waals surface area contributed by atoms with Crippen LogP contribution in [0.5, 0.6) is 17.2 Å². The van der Waals surface area contributed by atoms with Gasteiger partial charge in [0.25, 0.3) is 0 Å². The molecule has 0 saturated heterocycles. The molecule has 3 nitrogen and oxygen atoms in total. The fraction of sp³-hybridized carbons (Fsp3) is 0.211. The van der Waals surface area contributed by atoms with Gasteiger partial charge in [-0.25, -0.2) is 4.79 Å². The first kappa shape index (κ1) is 14.4. The largest absolute Gasteiger partial charge is 0.457 e. The van der Waals surface area contributed by atoms with Gasteiger partial charge in [0.15, 0.2) is 0 Å². The van der Waals surface area contributed by atoms with E-state index >= 15 is 0 Å². The Labute approximate surface area is 130 Å². The summed E-state index contributed by atoms with van der Waals surface area (Å²) < 4.78 is 11.4. The number of esters is 1. The van der Waals surface area contributed by atoms with Crippen LogP contribution in [0.15, 0.2) is 54.6 Å². The van der Waals surface area contributed by atoms with Crippen LogP contribution >= 0.6 is 0 Å². The predicted molar refractivity (Wildman–Crippen MR) is 85.4 cm³/mol. The third kappa shape index (κ3) is 3.03. The first-order chi connectivity index (χ1) is 10.8. The number of para-hydroxylation sites is 1. The Kier molecular flexibility index (Phi) is 4.24. The summed E-state index contributed by atoms with van der Waals surface area (Å²) in [6.45, 7) is 2.07. The molecule has 0 unspecified atom stereocenters. The number of allylic oxidation sites excluding steroid dienone is 1. The molecule has 0 saturated carbocycles. The van der Waals surface area contributed by atoms with E-state index in [0.717, 1.165) is 35.5 Å². The van der Waals surface area contributed by atoms with Gasteiger partial charge in [-0.2, -0.15) is 0 Å². The summed E-state index contributed by atoms with van der Waals surface area (Å²) in [6, 6.07) is 13.5. The maximum atomic E-state index is 11.9. The van der Waals surface area contributed by atoms with E-state index in [1.54, 1.807) is 0 Å². The van der Waals surface area contributed by atoms with Crippen molar-refractivity contribution in [2.75, 3.05) is 0 Å². The fourth-order valence-electron chi connectivity index (χ4n) is 2.46. The second kappa shape index (κ2) is 6.48. The van der Waals surface area contributed by atoms with Crippen molar-refractivity contribution in [3.63, 3.8) is 0 Å². The van der Waals surface area contributed by atoms with E-state index in [-0.39, 0.29) is 5.97 Å². The van der Waals surface area contributed by atoms with Gasteiger partial charge < -0.3 is 9.47 Å². The molecule has 0 spiro atoms. The van der Waals surface area contributed by atoms with Crippen LogP contribution in [0, 0.1) is 0 Å². The van der Waals surface area contributed by atoms with Crippen LogP contribution in [0.2, 0.25) is 0 Å². The van der Waals surface area contributed by atoms with Crippen molar-refractivity contribution in [2.45, 2.75) is 26.2 Å². The summed E-state index contributed by atoms with van der Waals surface area (Å²) in [5.41, 5.74) is 2.01. The minimum Gasteiger partial charge on any atom is -0.457 e. The number of hydrogen-bond acceptors (Lipinski definition) is 3. The number of carbonyl (C=O) groups is 1.